The van der Waals surface area contributed by atoms with Gasteiger partial charge in [-0.3, -0.25) is 9.36 Å². The third kappa shape index (κ3) is 4.59. The van der Waals surface area contributed by atoms with Crippen LogP contribution in [0.5, 0.6) is 5.75 Å². The van der Waals surface area contributed by atoms with Crippen LogP contribution in [0.2, 0.25) is 0 Å². The van der Waals surface area contributed by atoms with E-state index in [1.54, 1.807) is 36.1 Å². The van der Waals surface area contributed by atoms with Crippen LogP contribution in [0.15, 0.2) is 41.3 Å². The zero-order valence-electron chi connectivity index (χ0n) is 14.2. The number of rotatable bonds is 9. The summed E-state index contributed by atoms with van der Waals surface area (Å²) in [6, 6.07) is 8.98. The number of benzene rings is 1. The highest BCUT2D eigenvalue weighted by Crippen LogP contribution is 2.19. The fraction of sp³-hybridized carbons (Fsp3) is 0.389. The van der Waals surface area contributed by atoms with Gasteiger partial charge in [0.25, 0.3) is 5.56 Å². The molecular formula is C18H24N2O4. The average Bonchev–Trinajstić information content (AvgIpc) is 2.57. The Balaban J connectivity index is 2.23. The molecule has 2 rings (SSSR count). The Morgan fingerprint density at radius 1 is 1.21 bits per heavy atom. The van der Waals surface area contributed by atoms with Gasteiger partial charge in [0, 0.05) is 19.0 Å². The van der Waals surface area contributed by atoms with E-state index in [0.29, 0.717) is 18.9 Å². The van der Waals surface area contributed by atoms with Gasteiger partial charge in [-0.1, -0.05) is 13.3 Å². The van der Waals surface area contributed by atoms with Crippen LogP contribution in [-0.2, 0) is 15.9 Å². The lowest BCUT2D eigenvalue weighted by Crippen LogP contribution is -2.22. The Hall–Kier alpha value is -2.31. The van der Waals surface area contributed by atoms with E-state index in [2.05, 4.69) is 6.92 Å². The molecule has 0 fully saturated rings. The summed E-state index contributed by atoms with van der Waals surface area (Å²) in [4.78, 5) is 12.7. The molecule has 0 aliphatic rings. The second-order valence-corrected chi connectivity index (χ2v) is 5.35. The molecule has 0 radical (unpaired) electrons. The third-order valence-corrected chi connectivity index (χ3v) is 3.52. The second kappa shape index (κ2) is 9.10. The minimum Gasteiger partial charge on any atom is -0.462 e. The van der Waals surface area contributed by atoms with Gasteiger partial charge in [-0.05, 0) is 42.3 Å². The summed E-state index contributed by atoms with van der Waals surface area (Å²) in [7, 11) is 1.60. The van der Waals surface area contributed by atoms with Crippen molar-refractivity contribution >= 4 is 5.69 Å². The van der Waals surface area contributed by atoms with E-state index < -0.39 is 0 Å². The smallest absolute Gasteiger partial charge is 0.297 e. The molecule has 1 aromatic heterocycles. The summed E-state index contributed by atoms with van der Waals surface area (Å²) < 4.78 is 17.1. The zero-order chi connectivity index (χ0) is 17.4. The Morgan fingerprint density at radius 2 is 2.04 bits per heavy atom. The van der Waals surface area contributed by atoms with E-state index in [1.165, 1.54) is 0 Å². The molecule has 0 saturated heterocycles. The molecule has 2 aromatic rings. The lowest BCUT2D eigenvalue weighted by atomic mass is 10.1. The van der Waals surface area contributed by atoms with Gasteiger partial charge in [-0.25, -0.2) is 0 Å². The third-order valence-electron chi connectivity index (χ3n) is 3.52. The van der Waals surface area contributed by atoms with Crippen molar-refractivity contribution in [2.45, 2.75) is 19.8 Å². The van der Waals surface area contributed by atoms with Gasteiger partial charge in [-0.2, -0.15) is 0 Å². The highest BCUT2D eigenvalue weighted by molar-refractivity contribution is 5.52. The van der Waals surface area contributed by atoms with Crippen LogP contribution in [0.4, 0.5) is 5.69 Å². The number of aryl methyl sites for hydroxylation is 1. The van der Waals surface area contributed by atoms with Gasteiger partial charge in [0.15, 0.2) is 12.5 Å². The molecular weight excluding hydrogens is 308 g/mol. The highest BCUT2D eigenvalue weighted by atomic mass is 16.7. The van der Waals surface area contributed by atoms with Gasteiger partial charge >= 0.3 is 0 Å². The summed E-state index contributed by atoms with van der Waals surface area (Å²) in [5, 5.41) is 0. The molecule has 0 spiro atoms. The quantitative estimate of drug-likeness (QED) is 0.433. The number of hydrogen-bond donors (Lipinski definition) is 1. The standard InChI is InChI=1S/C18H24N2O4/c1-3-5-14-12-15(19)7-8-16(14)20-9-4-6-17(18(20)21)24-13-23-11-10-22-2/h4,6-9,12H,3,5,10-11,13,19H2,1-2H3. The largest absolute Gasteiger partial charge is 0.462 e. The van der Waals surface area contributed by atoms with E-state index in [0.717, 1.165) is 24.1 Å². The van der Waals surface area contributed by atoms with Crippen LogP contribution in [0, 0.1) is 0 Å². The summed E-state index contributed by atoms with van der Waals surface area (Å²) in [5.41, 5.74) is 8.19. The lowest BCUT2D eigenvalue weighted by molar-refractivity contribution is -0.00921. The molecule has 0 amide bonds. The molecule has 0 aliphatic carbocycles. The van der Waals surface area contributed by atoms with Crippen molar-refractivity contribution < 1.29 is 14.2 Å². The number of nitrogens with two attached hydrogens (primary N) is 1. The average molecular weight is 332 g/mol. The van der Waals surface area contributed by atoms with Gasteiger partial charge < -0.3 is 19.9 Å². The minimum absolute atomic E-state index is 0.00612. The molecule has 130 valence electrons. The number of ether oxygens (including phenoxy) is 3. The predicted octanol–water partition coefficient (Wildman–Crippen LogP) is 2.37. The number of anilines is 1. The molecule has 2 N–H and O–H groups in total. The molecule has 1 aromatic carbocycles. The molecule has 1 heterocycles. The Labute approximate surface area is 141 Å². The number of methoxy groups -OCH3 is 1. The molecule has 6 heteroatoms. The second-order valence-electron chi connectivity index (χ2n) is 5.35. The first kappa shape index (κ1) is 18.0. The fourth-order valence-corrected chi connectivity index (χ4v) is 2.39. The summed E-state index contributed by atoms with van der Waals surface area (Å²) in [6.45, 7) is 2.99. The van der Waals surface area contributed by atoms with Crippen molar-refractivity contribution in [2.24, 2.45) is 0 Å². The minimum atomic E-state index is -0.227. The van der Waals surface area contributed by atoms with Crippen molar-refractivity contribution in [1.82, 2.24) is 4.57 Å². The number of pyridine rings is 1. The molecule has 24 heavy (non-hydrogen) atoms. The molecule has 0 bridgehead atoms. The van der Waals surface area contributed by atoms with Crippen molar-refractivity contribution in [3.63, 3.8) is 0 Å². The van der Waals surface area contributed by atoms with Crippen LogP contribution < -0.4 is 16.0 Å². The van der Waals surface area contributed by atoms with Crippen molar-refractivity contribution in [2.75, 3.05) is 32.9 Å². The van der Waals surface area contributed by atoms with Crippen molar-refractivity contribution in [1.29, 1.82) is 0 Å². The van der Waals surface area contributed by atoms with Gasteiger partial charge in [-0.15, -0.1) is 0 Å². The number of hydrogen-bond acceptors (Lipinski definition) is 5. The maximum absolute atomic E-state index is 12.7. The zero-order valence-corrected chi connectivity index (χ0v) is 14.2. The first-order chi connectivity index (χ1) is 11.7. The summed E-state index contributed by atoms with van der Waals surface area (Å²) in [6.07, 6.45) is 3.54. The Kier molecular flexibility index (Phi) is 6.84. The molecule has 6 nitrogen and oxygen atoms in total. The lowest BCUT2D eigenvalue weighted by Gasteiger charge is -2.14. The fourth-order valence-electron chi connectivity index (χ4n) is 2.39. The van der Waals surface area contributed by atoms with Crippen molar-refractivity contribution in [3.05, 3.63) is 52.4 Å². The van der Waals surface area contributed by atoms with E-state index in [-0.39, 0.29) is 18.1 Å². The maximum Gasteiger partial charge on any atom is 0.297 e. The monoisotopic (exact) mass is 332 g/mol. The van der Waals surface area contributed by atoms with Gasteiger partial charge in [0.1, 0.15) is 0 Å². The van der Waals surface area contributed by atoms with Crippen LogP contribution in [0.1, 0.15) is 18.9 Å². The maximum atomic E-state index is 12.7. The van der Waals surface area contributed by atoms with E-state index in [1.807, 2.05) is 12.1 Å². The molecule has 0 atom stereocenters. The Morgan fingerprint density at radius 3 is 2.79 bits per heavy atom. The molecule has 0 aliphatic heterocycles. The topological polar surface area (TPSA) is 75.7 Å². The van der Waals surface area contributed by atoms with Crippen LogP contribution in [0.3, 0.4) is 0 Å². The van der Waals surface area contributed by atoms with Gasteiger partial charge in [0.2, 0.25) is 0 Å². The highest BCUT2D eigenvalue weighted by Gasteiger charge is 2.10. The first-order valence-electron chi connectivity index (χ1n) is 7.97. The Bertz CT molecular complexity index is 712. The molecule has 0 unspecified atom stereocenters. The SMILES string of the molecule is CCCc1cc(N)ccc1-n1cccc(OCOCCOC)c1=O. The normalized spacial score (nSPS) is 10.8. The first-order valence-corrected chi connectivity index (χ1v) is 7.97. The molecule has 0 saturated carbocycles. The van der Waals surface area contributed by atoms with Crippen LogP contribution >= 0.6 is 0 Å². The summed E-state index contributed by atoms with van der Waals surface area (Å²) in [5.74, 6) is 0.245. The van der Waals surface area contributed by atoms with Crippen LogP contribution in [0.25, 0.3) is 5.69 Å². The van der Waals surface area contributed by atoms with E-state index in [9.17, 15) is 4.79 Å². The van der Waals surface area contributed by atoms with Gasteiger partial charge in [0.05, 0.1) is 18.9 Å². The predicted molar refractivity (Wildman–Crippen MR) is 93.8 cm³/mol. The summed E-state index contributed by atoms with van der Waals surface area (Å²) >= 11 is 0. The number of nitrogen functional groups attached to an aromatic ring is 1. The van der Waals surface area contributed by atoms with Crippen LogP contribution in [-0.4, -0.2) is 31.7 Å². The number of aromatic nitrogens is 1. The number of nitrogens with zero attached hydrogens (tertiary/aromatic N) is 1. The van der Waals surface area contributed by atoms with E-state index in [4.69, 9.17) is 19.9 Å². The van der Waals surface area contributed by atoms with Crippen molar-refractivity contribution in [3.8, 4) is 11.4 Å². The van der Waals surface area contributed by atoms with E-state index >= 15 is 0 Å².